The molecule has 112 valence electrons. The molecule has 1 aromatic rings. The quantitative estimate of drug-likeness (QED) is 0.897. The van der Waals surface area contributed by atoms with E-state index in [4.69, 9.17) is 4.74 Å². The highest BCUT2D eigenvalue weighted by Gasteiger charge is 2.26. The molecule has 0 radical (unpaired) electrons. The predicted octanol–water partition coefficient (Wildman–Crippen LogP) is 3.24. The number of nitrogens with zero attached hydrogens (tertiary/aromatic N) is 1. The lowest BCUT2D eigenvalue weighted by molar-refractivity contribution is 0.0369. The van der Waals surface area contributed by atoms with Crippen LogP contribution in [0.2, 0.25) is 0 Å². The van der Waals surface area contributed by atoms with Crippen molar-refractivity contribution in [2.45, 2.75) is 45.3 Å². The van der Waals surface area contributed by atoms with Crippen LogP contribution in [-0.4, -0.2) is 36.2 Å². The lowest BCUT2D eigenvalue weighted by atomic mass is 9.92. The summed E-state index contributed by atoms with van der Waals surface area (Å²) in [5.41, 5.74) is 0.968. The van der Waals surface area contributed by atoms with E-state index in [9.17, 15) is 5.11 Å². The fourth-order valence-electron chi connectivity index (χ4n) is 3.05. The van der Waals surface area contributed by atoms with Gasteiger partial charge in [-0.1, -0.05) is 25.5 Å². The van der Waals surface area contributed by atoms with Crippen molar-refractivity contribution in [2.75, 3.05) is 20.2 Å². The minimum atomic E-state index is -0.431. The fraction of sp³-hybridized carbons (Fsp3) is 0.647. The molecule has 0 bridgehead atoms. The Hall–Kier alpha value is -1.06. The Morgan fingerprint density at radius 3 is 2.35 bits per heavy atom. The number of aliphatic hydroxyl groups excluding tert-OH is 1. The molecule has 1 aliphatic heterocycles. The lowest BCUT2D eigenvalue weighted by Gasteiger charge is -2.37. The van der Waals surface area contributed by atoms with Crippen molar-refractivity contribution in [3.63, 3.8) is 0 Å². The topological polar surface area (TPSA) is 32.7 Å². The van der Waals surface area contributed by atoms with Crippen molar-refractivity contribution in [3.8, 4) is 5.75 Å². The van der Waals surface area contributed by atoms with E-state index in [-0.39, 0.29) is 6.04 Å². The Balaban J connectivity index is 1.95. The molecule has 1 saturated heterocycles. The molecular weight excluding hydrogens is 250 g/mol. The second-order valence-corrected chi connectivity index (χ2v) is 5.85. The van der Waals surface area contributed by atoms with Gasteiger partial charge >= 0.3 is 0 Å². The van der Waals surface area contributed by atoms with E-state index in [1.807, 2.05) is 24.3 Å². The van der Waals surface area contributed by atoms with Crippen LogP contribution in [0.3, 0.4) is 0 Å². The first-order chi connectivity index (χ1) is 9.65. The highest BCUT2D eigenvalue weighted by atomic mass is 16.5. The molecule has 1 fully saturated rings. The summed E-state index contributed by atoms with van der Waals surface area (Å²) in [6, 6.07) is 7.90. The summed E-state index contributed by atoms with van der Waals surface area (Å²) in [5.74, 6) is 1.70. The molecule has 1 aliphatic rings. The van der Waals surface area contributed by atoms with Gasteiger partial charge in [0.05, 0.1) is 13.2 Å². The Labute approximate surface area is 122 Å². The van der Waals surface area contributed by atoms with Crippen LogP contribution in [0.5, 0.6) is 5.75 Å². The Kier molecular flexibility index (Phi) is 5.44. The average Bonchev–Trinajstić information content (AvgIpc) is 2.53. The summed E-state index contributed by atoms with van der Waals surface area (Å²) in [6.45, 7) is 6.61. The number of ether oxygens (including phenoxy) is 1. The van der Waals surface area contributed by atoms with Gasteiger partial charge in [-0.3, -0.25) is 4.90 Å². The third-order valence-corrected chi connectivity index (χ3v) is 4.72. The van der Waals surface area contributed by atoms with Gasteiger partial charge < -0.3 is 9.84 Å². The molecule has 3 nitrogen and oxygen atoms in total. The second kappa shape index (κ2) is 7.09. The normalized spacial score (nSPS) is 20.6. The Bertz CT molecular complexity index is 396. The Morgan fingerprint density at radius 1 is 1.25 bits per heavy atom. The SMILES string of the molecule is CCC1CCN(C(C)C(O)c2ccc(OC)cc2)CC1. The molecule has 2 rings (SSSR count). The number of rotatable bonds is 5. The summed E-state index contributed by atoms with van der Waals surface area (Å²) >= 11 is 0. The zero-order valence-corrected chi connectivity index (χ0v) is 12.9. The first-order valence-electron chi connectivity index (χ1n) is 7.71. The third kappa shape index (κ3) is 3.53. The Morgan fingerprint density at radius 2 is 1.85 bits per heavy atom. The van der Waals surface area contributed by atoms with Gasteiger partial charge in [0.15, 0.2) is 0 Å². The lowest BCUT2D eigenvalue weighted by Crippen LogP contribution is -2.42. The molecule has 0 spiro atoms. The van der Waals surface area contributed by atoms with Crippen LogP contribution in [0.4, 0.5) is 0 Å². The zero-order valence-electron chi connectivity index (χ0n) is 12.9. The first-order valence-corrected chi connectivity index (χ1v) is 7.71. The maximum absolute atomic E-state index is 10.5. The van der Waals surface area contributed by atoms with Crippen molar-refractivity contribution in [1.82, 2.24) is 4.90 Å². The molecule has 0 saturated carbocycles. The summed E-state index contributed by atoms with van der Waals surface area (Å²) in [7, 11) is 1.66. The summed E-state index contributed by atoms with van der Waals surface area (Å²) in [4.78, 5) is 2.42. The van der Waals surface area contributed by atoms with Gasteiger partial charge in [-0.15, -0.1) is 0 Å². The average molecular weight is 277 g/mol. The fourth-order valence-corrected chi connectivity index (χ4v) is 3.05. The van der Waals surface area contributed by atoms with E-state index >= 15 is 0 Å². The van der Waals surface area contributed by atoms with E-state index in [0.29, 0.717) is 0 Å². The molecular formula is C17H27NO2. The monoisotopic (exact) mass is 277 g/mol. The van der Waals surface area contributed by atoms with Gasteiger partial charge in [-0.2, -0.15) is 0 Å². The molecule has 20 heavy (non-hydrogen) atoms. The zero-order chi connectivity index (χ0) is 14.5. The number of methoxy groups -OCH3 is 1. The molecule has 3 heteroatoms. The molecule has 1 heterocycles. The molecule has 0 aromatic heterocycles. The molecule has 2 atom stereocenters. The van der Waals surface area contributed by atoms with Crippen LogP contribution >= 0.6 is 0 Å². The minimum absolute atomic E-state index is 0.168. The highest BCUT2D eigenvalue weighted by Crippen LogP contribution is 2.27. The van der Waals surface area contributed by atoms with E-state index < -0.39 is 6.10 Å². The van der Waals surface area contributed by atoms with Gasteiger partial charge in [-0.05, 0) is 56.5 Å². The van der Waals surface area contributed by atoms with Gasteiger partial charge in [0.2, 0.25) is 0 Å². The van der Waals surface area contributed by atoms with Crippen LogP contribution in [0.25, 0.3) is 0 Å². The molecule has 1 N–H and O–H groups in total. The molecule has 0 aliphatic carbocycles. The van der Waals surface area contributed by atoms with Crippen LogP contribution in [0.15, 0.2) is 24.3 Å². The maximum Gasteiger partial charge on any atom is 0.118 e. The van der Waals surface area contributed by atoms with Crippen molar-refractivity contribution in [1.29, 1.82) is 0 Å². The van der Waals surface area contributed by atoms with E-state index in [1.165, 1.54) is 19.3 Å². The highest BCUT2D eigenvalue weighted by molar-refractivity contribution is 5.29. The molecule has 1 aromatic carbocycles. The van der Waals surface area contributed by atoms with Crippen LogP contribution in [-0.2, 0) is 0 Å². The minimum Gasteiger partial charge on any atom is -0.497 e. The van der Waals surface area contributed by atoms with Crippen molar-refractivity contribution >= 4 is 0 Å². The maximum atomic E-state index is 10.5. The third-order valence-electron chi connectivity index (χ3n) is 4.72. The van der Waals surface area contributed by atoms with Gasteiger partial charge in [0.1, 0.15) is 5.75 Å². The van der Waals surface area contributed by atoms with E-state index in [1.54, 1.807) is 7.11 Å². The number of aliphatic hydroxyl groups is 1. The number of likely N-dealkylation sites (tertiary alicyclic amines) is 1. The predicted molar refractivity (Wildman–Crippen MR) is 82.0 cm³/mol. The van der Waals surface area contributed by atoms with Crippen molar-refractivity contribution in [2.24, 2.45) is 5.92 Å². The standard InChI is InChI=1S/C17H27NO2/c1-4-14-9-11-18(12-10-14)13(2)17(19)15-5-7-16(20-3)8-6-15/h5-8,13-14,17,19H,4,9-12H2,1-3H3. The number of hydrogen-bond acceptors (Lipinski definition) is 3. The van der Waals surface area contributed by atoms with Crippen LogP contribution in [0.1, 0.15) is 44.8 Å². The van der Waals surface area contributed by atoms with Gasteiger partial charge in [-0.25, -0.2) is 0 Å². The van der Waals surface area contributed by atoms with Crippen molar-refractivity contribution in [3.05, 3.63) is 29.8 Å². The van der Waals surface area contributed by atoms with Crippen molar-refractivity contribution < 1.29 is 9.84 Å². The molecule has 2 unspecified atom stereocenters. The molecule has 0 amide bonds. The number of piperidine rings is 1. The largest absolute Gasteiger partial charge is 0.497 e. The van der Waals surface area contributed by atoms with E-state index in [0.717, 1.165) is 30.3 Å². The summed E-state index contributed by atoms with van der Waals surface area (Å²) < 4.78 is 5.16. The first kappa shape index (κ1) is 15.3. The van der Waals surface area contributed by atoms with Gasteiger partial charge in [0.25, 0.3) is 0 Å². The summed E-state index contributed by atoms with van der Waals surface area (Å²) in [6.07, 6.45) is 3.37. The van der Waals surface area contributed by atoms with Crippen LogP contribution < -0.4 is 4.74 Å². The van der Waals surface area contributed by atoms with E-state index in [2.05, 4.69) is 18.7 Å². The summed E-state index contributed by atoms with van der Waals surface area (Å²) in [5, 5.41) is 10.5. The smallest absolute Gasteiger partial charge is 0.118 e. The van der Waals surface area contributed by atoms with Gasteiger partial charge in [0, 0.05) is 6.04 Å². The number of benzene rings is 1. The number of hydrogen-bond donors (Lipinski definition) is 1. The second-order valence-electron chi connectivity index (χ2n) is 5.85. The van der Waals surface area contributed by atoms with Crippen LogP contribution in [0, 0.1) is 5.92 Å².